The molecule has 0 spiro atoms. The van der Waals surface area contributed by atoms with Crippen molar-refractivity contribution in [1.82, 2.24) is 4.90 Å². The van der Waals surface area contributed by atoms with Gasteiger partial charge in [-0.1, -0.05) is 29.4 Å². The summed E-state index contributed by atoms with van der Waals surface area (Å²) in [5, 5.41) is 11.6. The Balaban J connectivity index is 2.66. The summed E-state index contributed by atoms with van der Waals surface area (Å²) in [6.45, 7) is 8.12. The van der Waals surface area contributed by atoms with Crippen LogP contribution in [0.15, 0.2) is 29.4 Å². The van der Waals surface area contributed by atoms with Crippen LogP contribution >= 0.6 is 0 Å². The van der Waals surface area contributed by atoms with Crippen LogP contribution in [-0.2, 0) is 6.54 Å². The molecule has 1 aromatic rings. The molecule has 0 aliphatic rings. The van der Waals surface area contributed by atoms with Crippen LogP contribution in [0.4, 0.5) is 0 Å². The van der Waals surface area contributed by atoms with Gasteiger partial charge in [-0.25, -0.2) is 0 Å². The molecule has 100 valence electrons. The summed E-state index contributed by atoms with van der Waals surface area (Å²) in [5.74, 6) is 0.283. The molecular weight excluding hydrogens is 226 g/mol. The number of rotatable bonds is 6. The minimum absolute atomic E-state index is 0.283. The van der Waals surface area contributed by atoms with Crippen LogP contribution in [0, 0.1) is 6.92 Å². The van der Waals surface area contributed by atoms with E-state index in [1.54, 1.807) is 0 Å². The number of hydrogen-bond donors (Lipinski definition) is 2. The second kappa shape index (κ2) is 7.01. The van der Waals surface area contributed by atoms with E-state index in [4.69, 9.17) is 10.9 Å². The van der Waals surface area contributed by atoms with Crippen molar-refractivity contribution >= 4 is 5.84 Å². The highest BCUT2D eigenvalue weighted by Crippen LogP contribution is 2.12. The highest BCUT2D eigenvalue weighted by atomic mass is 16.4. The first-order valence-corrected chi connectivity index (χ1v) is 6.29. The zero-order valence-electron chi connectivity index (χ0n) is 11.4. The third kappa shape index (κ3) is 4.37. The lowest BCUT2D eigenvalue weighted by Gasteiger charge is -2.27. The lowest BCUT2D eigenvalue weighted by atomic mass is 10.1. The van der Waals surface area contributed by atoms with E-state index in [1.807, 2.05) is 0 Å². The number of nitrogens with zero attached hydrogens (tertiary/aromatic N) is 2. The predicted octanol–water partition coefficient (Wildman–Crippen LogP) is 2.34. The van der Waals surface area contributed by atoms with E-state index in [0.29, 0.717) is 12.5 Å². The van der Waals surface area contributed by atoms with E-state index in [0.717, 1.165) is 13.1 Å². The SMILES string of the molecule is Cc1ccccc1CN(CC/C(N)=N/O)C(C)C. The first kappa shape index (κ1) is 14.5. The summed E-state index contributed by atoms with van der Waals surface area (Å²) < 4.78 is 0. The van der Waals surface area contributed by atoms with Crippen molar-refractivity contribution < 1.29 is 5.21 Å². The maximum absolute atomic E-state index is 8.56. The molecule has 0 aromatic heterocycles. The summed E-state index contributed by atoms with van der Waals surface area (Å²) in [5.41, 5.74) is 8.14. The zero-order valence-corrected chi connectivity index (χ0v) is 11.4. The van der Waals surface area contributed by atoms with Gasteiger partial charge in [-0.15, -0.1) is 0 Å². The van der Waals surface area contributed by atoms with Crippen LogP contribution in [0.1, 0.15) is 31.4 Å². The molecule has 0 amide bonds. The quantitative estimate of drug-likeness (QED) is 0.352. The molecule has 3 N–H and O–H groups in total. The molecule has 18 heavy (non-hydrogen) atoms. The fourth-order valence-electron chi connectivity index (χ4n) is 1.83. The number of nitrogens with two attached hydrogens (primary N) is 1. The van der Waals surface area contributed by atoms with Crippen molar-refractivity contribution in [3.8, 4) is 0 Å². The van der Waals surface area contributed by atoms with Gasteiger partial charge < -0.3 is 10.9 Å². The van der Waals surface area contributed by atoms with Gasteiger partial charge in [-0.2, -0.15) is 0 Å². The van der Waals surface area contributed by atoms with Gasteiger partial charge in [0.2, 0.25) is 0 Å². The van der Waals surface area contributed by atoms with E-state index in [9.17, 15) is 0 Å². The molecule has 0 atom stereocenters. The van der Waals surface area contributed by atoms with Crippen LogP contribution in [-0.4, -0.2) is 28.5 Å². The summed E-state index contributed by atoms with van der Waals surface area (Å²) >= 11 is 0. The van der Waals surface area contributed by atoms with Crippen LogP contribution in [0.5, 0.6) is 0 Å². The van der Waals surface area contributed by atoms with E-state index < -0.39 is 0 Å². The predicted molar refractivity (Wildman–Crippen MR) is 74.8 cm³/mol. The van der Waals surface area contributed by atoms with E-state index in [2.05, 4.69) is 55.1 Å². The third-order valence-corrected chi connectivity index (χ3v) is 3.15. The molecule has 4 nitrogen and oxygen atoms in total. The number of oxime groups is 1. The van der Waals surface area contributed by atoms with Crippen LogP contribution < -0.4 is 5.73 Å². The van der Waals surface area contributed by atoms with Crippen LogP contribution in [0.2, 0.25) is 0 Å². The first-order valence-electron chi connectivity index (χ1n) is 6.29. The molecule has 1 rings (SSSR count). The highest BCUT2D eigenvalue weighted by molar-refractivity contribution is 5.79. The topological polar surface area (TPSA) is 61.8 Å². The Morgan fingerprint density at radius 2 is 2.06 bits per heavy atom. The number of amidine groups is 1. The number of aryl methyl sites for hydroxylation is 1. The largest absolute Gasteiger partial charge is 0.409 e. The molecular formula is C14H23N3O. The van der Waals surface area contributed by atoms with Crippen molar-refractivity contribution in [1.29, 1.82) is 0 Å². The van der Waals surface area contributed by atoms with Crippen LogP contribution in [0.25, 0.3) is 0 Å². The Labute approximate surface area is 109 Å². The lowest BCUT2D eigenvalue weighted by molar-refractivity contribution is 0.217. The zero-order chi connectivity index (χ0) is 13.5. The van der Waals surface area contributed by atoms with Crippen molar-refractivity contribution in [3.05, 3.63) is 35.4 Å². The lowest BCUT2D eigenvalue weighted by Crippen LogP contribution is -2.33. The average Bonchev–Trinajstić information content (AvgIpc) is 2.35. The minimum atomic E-state index is 0.283. The normalized spacial score (nSPS) is 12.4. The maximum atomic E-state index is 8.56. The minimum Gasteiger partial charge on any atom is -0.409 e. The molecule has 0 saturated heterocycles. The molecule has 0 aliphatic heterocycles. The highest BCUT2D eigenvalue weighted by Gasteiger charge is 2.11. The molecule has 1 aromatic carbocycles. The summed E-state index contributed by atoms with van der Waals surface area (Å²) in [6, 6.07) is 8.81. The Morgan fingerprint density at radius 1 is 1.39 bits per heavy atom. The molecule has 0 fully saturated rings. The molecule has 0 unspecified atom stereocenters. The second-order valence-electron chi connectivity index (χ2n) is 4.83. The van der Waals surface area contributed by atoms with Gasteiger partial charge in [0.15, 0.2) is 0 Å². The Morgan fingerprint density at radius 3 is 2.61 bits per heavy atom. The molecule has 0 heterocycles. The third-order valence-electron chi connectivity index (χ3n) is 3.15. The summed E-state index contributed by atoms with van der Waals surface area (Å²) in [6.07, 6.45) is 0.584. The van der Waals surface area contributed by atoms with Crippen molar-refractivity contribution in [3.63, 3.8) is 0 Å². The Kier molecular flexibility index (Phi) is 5.65. The number of hydrogen-bond acceptors (Lipinski definition) is 3. The summed E-state index contributed by atoms with van der Waals surface area (Å²) in [7, 11) is 0. The van der Waals surface area contributed by atoms with Gasteiger partial charge in [0.05, 0.1) is 0 Å². The molecule has 0 saturated carbocycles. The van der Waals surface area contributed by atoms with E-state index >= 15 is 0 Å². The number of benzene rings is 1. The maximum Gasteiger partial charge on any atom is 0.140 e. The van der Waals surface area contributed by atoms with Crippen molar-refractivity contribution in [2.45, 2.75) is 39.8 Å². The molecule has 0 bridgehead atoms. The Bertz CT molecular complexity index is 402. The Hall–Kier alpha value is -1.55. The molecule has 0 aliphatic carbocycles. The van der Waals surface area contributed by atoms with Gasteiger partial charge in [-0.05, 0) is 31.9 Å². The smallest absolute Gasteiger partial charge is 0.140 e. The molecule has 0 radical (unpaired) electrons. The van der Waals surface area contributed by atoms with Gasteiger partial charge >= 0.3 is 0 Å². The fourth-order valence-corrected chi connectivity index (χ4v) is 1.83. The monoisotopic (exact) mass is 249 g/mol. The van der Waals surface area contributed by atoms with Crippen LogP contribution in [0.3, 0.4) is 0 Å². The summed E-state index contributed by atoms with van der Waals surface area (Å²) in [4.78, 5) is 2.32. The van der Waals surface area contributed by atoms with Crippen molar-refractivity contribution in [2.24, 2.45) is 10.9 Å². The van der Waals surface area contributed by atoms with E-state index in [-0.39, 0.29) is 5.84 Å². The second-order valence-corrected chi connectivity index (χ2v) is 4.83. The standard InChI is InChI=1S/C14H23N3O/c1-11(2)17(9-8-14(15)16-18)10-13-7-5-4-6-12(13)3/h4-7,11,18H,8-10H2,1-3H3,(H2,15,16). The van der Waals surface area contributed by atoms with E-state index in [1.165, 1.54) is 11.1 Å². The fraction of sp³-hybridized carbons (Fsp3) is 0.500. The average molecular weight is 249 g/mol. The van der Waals surface area contributed by atoms with Crippen molar-refractivity contribution in [2.75, 3.05) is 6.54 Å². The van der Waals surface area contributed by atoms with Gasteiger partial charge in [0.1, 0.15) is 5.84 Å². The van der Waals surface area contributed by atoms with Gasteiger partial charge in [-0.3, -0.25) is 4.90 Å². The first-order chi connectivity index (χ1) is 8.54. The van der Waals surface area contributed by atoms with Gasteiger partial charge in [0.25, 0.3) is 0 Å². The van der Waals surface area contributed by atoms with Gasteiger partial charge in [0, 0.05) is 25.6 Å². The molecule has 4 heteroatoms.